The number of hydrogen-bond acceptors (Lipinski definition) is 5. The first-order chi connectivity index (χ1) is 12.1. The first-order valence-corrected chi connectivity index (χ1v) is 9.33. The molecule has 1 aromatic carbocycles. The van der Waals surface area contributed by atoms with Gasteiger partial charge in [-0.05, 0) is 50.2 Å². The van der Waals surface area contributed by atoms with Gasteiger partial charge in [-0.2, -0.15) is 0 Å². The van der Waals surface area contributed by atoms with Crippen molar-refractivity contribution in [1.82, 2.24) is 9.80 Å². The fraction of sp³-hybridized carbons (Fsp3) is 0.632. The molecular weight excluding hydrogens is 316 g/mol. The Morgan fingerprint density at radius 2 is 1.88 bits per heavy atom. The standard InChI is InChI=1S/C19H32N4O2/c1-3-22(4-2)13-14-25-18-7-5-17(6-8-18)21-19(24)15-23-11-9-16(20)10-12-23/h5-8,16H,3-4,9-15,20H2,1-2H3,(H,21,24). The summed E-state index contributed by atoms with van der Waals surface area (Å²) in [7, 11) is 0. The second-order valence-electron chi connectivity index (χ2n) is 6.56. The molecule has 25 heavy (non-hydrogen) atoms. The molecule has 0 bridgehead atoms. The van der Waals surface area contributed by atoms with Crippen molar-refractivity contribution in [2.45, 2.75) is 32.7 Å². The molecule has 0 radical (unpaired) electrons. The summed E-state index contributed by atoms with van der Waals surface area (Å²) in [6, 6.07) is 7.86. The number of carbonyl (C=O) groups excluding carboxylic acids is 1. The van der Waals surface area contributed by atoms with Gasteiger partial charge in [0.1, 0.15) is 12.4 Å². The van der Waals surface area contributed by atoms with Gasteiger partial charge >= 0.3 is 0 Å². The molecule has 140 valence electrons. The maximum atomic E-state index is 12.1. The molecule has 0 atom stereocenters. The van der Waals surface area contributed by atoms with Crippen molar-refractivity contribution in [1.29, 1.82) is 0 Å². The number of anilines is 1. The Balaban J connectivity index is 1.71. The van der Waals surface area contributed by atoms with E-state index in [1.165, 1.54) is 0 Å². The molecule has 1 aliphatic rings. The number of carbonyl (C=O) groups is 1. The molecule has 0 spiro atoms. The highest BCUT2D eigenvalue weighted by Crippen LogP contribution is 2.16. The number of hydrogen-bond donors (Lipinski definition) is 2. The molecule has 3 N–H and O–H groups in total. The summed E-state index contributed by atoms with van der Waals surface area (Å²) in [5.74, 6) is 0.848. The molecular formula is C19H32N4O2. The van der Waals surface area contributed by atoms with E-state index in [1.807, 2.05) is 24.3 Å². The summed E-state index contributed by atoms with van der Waals surface area (Å²) in [5, 5.41) is 2.94. The van der Waals surface area contributed by atoms with Crippen LogP contribution >= 0.6 is 0 Å². The normalized spacial score (nSPS) is 16.2. The maximum Gasteiger partial charge on any atom is 0.238 e. The number of amides is 1. The molecule has 0 aromatic heterocycles. The van der Waals surface area contributed by atoms with E-state index >= 15 is 0 Å². The van der Waals surface area contributed by atoms with Gasteiger partial charge in [0.15, 0.2) is 0 Å². The van der Waals surface area contributed by atoms with Crippen LogP contribution in [0.25, 0.3) is 0 Å². The Bertz CT molecular complexity index is 509. The van der Waals surface area contributed by atoms with Gasteiger partial charge in [-0.15, -0.1) is 0 Å². The third kappa shape index (κ3) is 7.02. The van der Waals surface area contributed by atoms with Crippen molar-refractivity contribution in [3.05, 3.63) is 24.3 Å². The van der Waals surface area contributed by atoms with Crippen molar-refractivity contribution in [2.75, 3.05) is 51.2 Å². The number of rotatable bonds is 9. The van der Waals surface area contributed by atoms with E-state index in [0.717, 1.165) is 57.0 Å². The molecule has 0 saturated carbocycles. The first kappa shape index (κ1) is 19.7. The molecule has 1 amide bonds. The minimum Gasteiger partial charge on any atom is -0.492 e. The Morgan fingerprint density at radius 1 is 1.24 bits per heavy atom. The zero-order valence-corrected chi connectivity index (χ0v) is 15.5. The highest BCUT2D eigenvalue weighted by Gasteiger charge is 2.18. The van der Waals surface area contributed by atoms with Crippen molar-refractivity contribution < 1.29 is 9.53 Å². The van der Waals surface area contributed by atoms with Crippen molar-refractivity contribution in [2.24, 2.45) is 5.73 Å². The van der Waals surface area contributed by atoms with E-state index in [2.05, 4.69) is 29.0 Å². The molecule has 1 heterocycles. The lowest BCUT2D eigenvalue weighted by Crippen LogP contribution is -2.43. The van der Waals surface area contributed by atoms with Gasteiger partial charge < -0.3 is 20.7 Å². The summed E-state index contributed by atoms with van der Waals surface area (Å²) in [4.78, 5) is 16.6. The molecule has 1 fully saturated rings. The quantitative estimate of drug-likeness (QED) is 0.712. The van der Waals surface area contributed by atoms with E-state index in [-0.39, 0.29) is 11.9 Å². The van der Waals surface area contributed by atoms with Crippen LogP contribution in [-0.2, 0) is 4.79 Å². The van der Waals surface area contributed by atoms with Gasteiger partial charge in [-0.1, -0.05) is 13.8 Å². The zero-order chi connectivity index (χ0) is 18.1. The monoisotopic (exact) mass is 348 g/mol. The van der Waals surface area contributed by atoms with Gasteiger partial charge in [0, 0.05) is 31.4 Å². The maximum absolute atomic E-state index is 12.1. The summed E-state index contributed by atoms with van der Waals surface area (Å²) >= 11 is 0. The van der Waals surface area contributed by atoms with E-state index in [0.29, 0.717) is 13.2 Å². The second kappa shape index (κ2) is 10.4. The van der Waals surface area contributed by atoms with Crippen LogP contribution < -0.4 is 15.8 Å². The summed E-state index contributed by atoms with van der Waals surface area (Å²) in [6.07, 6.45) is 1.93. The highest BCUT2D eigenvalue weighted by molar-refractivity contribution is 5.92. The molecule has 6 nitrogen and oxygen atoms in total. The Morgan fingerprint density at radius 3 is 2.48 bits per heavy atom. The van der Waals surface area contributed by atoms with Crippen molar-refractivity contribution in [3.8, 4) is 5.75 Å². The lowest BCUT2D eigenvalue weighted by molar-refractivity contribution is -0.117. The minimum atomic E-state index is 0.0191. The number of ether oxygens (including phenoxy) is 1. The van der Waals surface area contributed by atoms with Crippen LogP contribution in [0.4, 0.5) is 5.69 Å². The van der Waals surface area contributed by atoms with Crippen LogP contribution in [0.15, 0.2) is 24.3 Å². The molecule has 1 aromatic rings. The Labute approximate surface area is 151 Å². The topological polar surface area (TPSA) is 70.8 Å². The van der Waals surface area contributed by atoms with Crippen LogP contribution in [0.5, 0.6) is 5.75 Å². The predicted octanol–water partition coefficient (Wildman–Crippen LogP) is 1.77. The third-order valence-corrected chi connectivity index (χ3v) is 4.71. The molecule has 6 heteroatoms. The molecule has 2 rings (SSSR count). The van der Waals surface area contributed by atoms with E-state index in [1.54, 1.807) is 0 Å². The summed E-state index contributed by atoms with van der Waals surface area (Å²) in [5.41, 5.74) is 6.69. The van der Waals surface area contributed by atoms with E-state index in [4.69, 9.17) is 10.5 Å². The average molecular weight is 348 g/mol. The Hall–Kier alpha value is -1.63. The van der Waals surface area contributed by atoms with Crippen molar-refractivity contribution in [3.63, 3.8) is 0 Å². The average Bonchev–Trinajstić information content (AvgIpc) is 2.62. The number of piperidine rings is 1. The molecule has 1 aliphatic heterocycles. The van der Waals surface area contributed by atoms with Gasteiger partial charge in [-0.25, -0.2) is 0 Å². The third-order valence-electron chi connectivity index (χ3n) is 4.71. The van der Waals surface area contributed by atoms with Gasteiger partial charge in [0.25, 0.3) is 0 Å². The van der Waals surface area contributed by atoms with Crippen molar-refractivity contribution >= 4 is 11.6 Å². The first-order valence-electron chi connectivity index (χ1n) is 9.33. The number of nitrogens with zero attached hydrogens (tertiary/aromatic N) is 2. The SMILES string of the molecule is CCN(CC)CCOc1ccc(NC(=O)CN2CCC(N)CC2)cc1. The van der Waals surface area contributed by atoms with Crippen LogP contribution in [-0.4, -0.2) is 67.6 Å². The number of likely N-dealkylation sites (N-methyl/N-ethyl adjacent to an activating group) is 1. The van der Waals surface area contributed by atoms with E-state index in [9.17, 15) is 4.79 Å². The zero-order valence-electron chi connectivity index (χ0n) is 15.5. The smallest absolute Gasteiger partial charge is 0.238 e. The second-order valence-corrected chi connectivity index (χ2v) is 6.56. The lowest BCUT2D eigenvalue weighted by atomic mass is 10.1. The van der Waals surface area contributed by atoms with Crippen LogP contribution in [0.2, 0.25) is 0 Å². The van der Waals surface area contributed by atoms with Crippen LogP contribution in [0.3, 0.4) is 0 Å². The summed E-state index contributed by atoms with van der Waals surface area (Å²) < 4.78 is 5.76. The number of likely N-dealkylation sites (tertiary alicyclic amines) is 1. The number of nitrogens with one attached hydrogen (secondary N) is 1. The van der Waals surface area contributed by atoms with Crippen LogP contribution in [0, 0.1) is 0 Å². The highest BCUT2D eigenvalue weighted by atomic mass is 16.5. The van der Waals surface area contributed by atoms with Crippen LogP contribution in [0.1, 0.15) is 26.7 Å². The fourth-order valence-corrected chi connectivity index (χ4v) is 2.98. The number of benzene rings is 1. The minimum absolute atomic E-state index is 0.0191. The van der Waals surface area contributed by atoms with Gasteiger partial charge in [0.2, 0.25) is 5.91 Å². The molecule has 0 unspecified atom stereocenters. The molecule has 1 saturated heterocycles. The summed E-state index contributed by atoms with van der Waals surface area (Å²) in [6.45, 7) is 10.2. The van der Waals surface area contributed by atoms with Gasteiger partial charge in [-0.3, -0.25) is 9.69 Å². The largest absolute Gasteiger partial charge is 0.492 e. The van der Waals surface area contributed by atoms with E-state index < -0.39 is 0 Å². The fourth-order valence-electron chi connectivity index (χ4n) is 2.98. The van der Waals surface area contributed by atoms with Gasteiger partial charge in [0.05, 0.1) is 6.54 Å². The lowest BCUT2D eigenvalue weighted by Gasteiger charge is -2.29. The molecule has 0 aliphatic carbocycles. The number of nitrogens with two attached hydrogens (primary N) is 1. The Kier molecular flexibility index (Phi) is 8.18. The predicted molar refractivity (Wildman–Crippen MR) is 102 cm³/mol.